The first-order chi connectivity index (χ1) is 45.7. The van der Waals surface area contributed by atoms with Crippen LogP contribution < -0.4 is 0 Å². The van der Waals surface area contributed by atoms with Gasteiger partial charge in [0.2, 0.25) is 0 Å². The predicted molar refractivity (Wildman–Crippen MR) is 381 cm³/mol. The number of ether oxygens (including phenoxy) is 4. The van der Waals surface area contributed by atoms with Crippen molar-refractivity contribution in [2.75, 3.05) is 39.6 Å². The van der Waals surface area contributed by atoms with E-state index >= 15 is 0 Å². The first-order valence-corrected chi connectivity index (χ1v) is 40.9. The molecule has 17 nitrogen and oxygen atoms in total. The van der Waals surface area contributed by atoms with Gasteiger partial charge in [0.15, 0.2) is 12.2 Å². The number of phosphoric acid groups is 2. The highest BCUT2D eigenvalue weighted by Crippen LogP contribution is 2.45. The lowest BCUT2D eigenvalue weighted by molar-refractivity contribution is -0.161. The number of allylic oxidation sites excluding steroid dienone is 8. The minimum absolute atomic E-state index is 0.0986. The Morgan fingerprint density at radius 2 is 0.553 bits per heavy atom. The summed E-state index contributed by atoms with van der Waals surface area (Å²) in [6.07, 6.45) is 63.9. The monoisotopic (exact) mass is 1370 g/mol. The van der Waals surface area contributed by atoms with E-state index in [1.165, 1.54) is 128 Å². The third-order valence-electron chi connectivity index (χ3n) is 16.3. The van der Waals surface area contributed by atoms with Gasteiger partial charge >= 0.3 is 39.5 Å². The largest absolute Gasteiger partial charge is 0.472 e. The Kier molecular flexibility index (Phi) is 66.4. The van der Waals surface area contributed by atoms with Crippen LogP contribution in [0.4, 0.5) is 0 Å². The predicted octanol–water partition coefficient (Wildman–Crippen LogP) is 21.3. The first kappa shape index (κ1) is 91.0. The molecule has 0 amide bonds. The molecule has 5 atom stereocenters. The molecule has 0 heterocycles. The molecule has 0 saturated heterocycles. The second kappa shape index (κ2) is 68.5. The van der Waals surface area contributed by atoms with Gasteiger partial charge in [0.05, 0.1) is 26.4 Å². The van der Waals surface area contributed by atoms with Gasteiger partial charge in [0, 0.05) is 25.7 Å². The number of unbranched alkanes of at least 4 members (excludes halogenated alkanes) is 38. The molecule has 0 spiro atoms. The van der Waals surface area contributed by atoms with Crippen LogP contribution in [0.3, 0.4) is 0 Å². The van der Waals surface area contributed by atoms with Crippen LogP contribution in [0.1, 0.15) is 349 Å². The molecule has 0 aromatic rings. The zero-order valence-corrected chi connectivity index (χ0v) is 61.7. The maximum Gasteiger partial charge on any atom is 0.472 e. The van der Waals surface area contributed by atoms with Gasteiger partial charge in [0.1, 0.15) is 19.3 Å². The van der Waals surface area contributed by atoms with E-state index < -0.39 is 97.5 Å². The molecular formula is C75H138O17P2. The number of carbonyl (C=O) groups is 4. The van der Waals surface area contributed by atoms with Gasteiger partial charge in [-0.05, 0) is 83.5 Å². The number of carbonyl (C=O) groups excluding carboxylic acids is 4. The summed E-state index contributed by atoms with van der Waals surface area (Å²) in [6.45, 7) is 4.77. The van der Waals surface area contributed by atoms with E-state index in [-0.39, 0.29) is 25.7 Å². The van der Waals surface area contributed by atoms with Crippen molar-refractivity contribution in [3.8, 4) is 0 Å². The van der Waals surface area contributed by atoms with Crippen molar-refractivity contribution in [2.45, 2.75) is 367 Å². The third-order valence-corrected chi connectivity index (χ3v) is 18.2. The zero-order valence-electron chi connectivity index (χ0n) is 59.9. The second-order valence-electron chi connectivity index (χ2n) is 25.6. The SMILES string of the molecule is CC/C=C\C/C=C\C/C=C\CCCCCCCC(=O)OCC(COP(=O)(O)OCC(O)COP(=O)(O)OCC(COC(=O)CCCCCCC/C=C\CCCCCC)OC(=O)CCCCCCCCCCCCC)OC(=O)CCCCCCCCCCCCCCCCC. The Morgan fingerprint density at radius 1 is 0.309 bits per heavy atom. The molecule has 0 aliphatic carbocycles. The molecule has 0 aliphatic rings. The van der Waals surface area contributed by atoms with Crippen molar-refractivity contribution in [3.05, 3.63) is 48.6 Å². The summed E-state index contributed by atoms with van der Waals surface area (Å²) in [5.41, 5.74) is 0. The topological polar surface area (TPSA) is 237 Å². The molecule has 5 unspecified atom stereocenters. The Balaban J connectivity index is 5.30. The number of hydrogen-bond donors (Lipinski definition) is 3. The number of rotatable bonds is 72. The summed E-state index contributed by atoms with van der Waals surface area (Å²) in [5, 5.41) is 10.6. The fraction of sp³-hybridized carbons (Fsp3) is 0.840. The van der Waals surface area contributed by atoms with Gasteiger partial charge < -0.3 is 33.8 Å². The van der Waals surface area contributed by atoms with E-state index in [4.69, 9.17) is 37.0 Å². The van der Waals surface area contributed by atoms with Gasteiger partial charge in [-0.2, -0.15) is 0 Å². The van der Waals surface area contributed by atoms with Crippen LogP contribution in [0.25, 0.3) is 0 Å². The normalized spacial score (nSPS) is 14.2. The van der Waals surface area contributed by atoms with Crippen LogP contribution >= 0.6 is 15.6 Å². The number of aliphatic hydroxyl groups excluding tert-OH is 1. The van der Waals surface area contributed by atoms with E-state index in [1.54, 1.807) is 0 Å². The Labute approximate surface area is 572 Å². The standard InChI is InChI=1S/C75H138O17P2/c1-5-9-13-17-21-25-29-32-34-37-41-44-48-52-56-60-73(78)86-66-71(92-75(80)62-58-54-50-46-42-38-35-33-30-26-22-18-14-10-6-2)68-90-94(83,84)88-64-69(76)63-87-93(81,82)89-67-70(91-74(79)61-57-53-49-45-39-28-24-20-16-12-8-4)65-85-72(77)59-55-51-47-43-40-36-31-27-23-19-15-11-7-3/h9,13,21,25,27,31-32,34,69-71,76H,5-8,10-12,14-20,22-24,26,28-30,33,35-68H2,1-4H3,(H,81,82)(H,83,84)/b13-9-,25-21-,31-27-,34-32-. The van der Waals surface area contributed by atoms with Gasteiger partial charge in [-0.3, -0.25) is 37.3 Å². The molecule has 19 heteroatoms. The molecule has 0 aliphatic heterocycles. The maximum absolute atomic E-state index is 13.1. The summed E-state index contributed by atoms with van der Waals surface area (Å²) in [4.78, 5) is 72.7. The molecular weight excluding hydrogens is 1230 g/mol. The Morgan fingerprint density at radius 3 is 0.872 bits per heavy atom. The summed E-state index contributed by atoms with van der Waals surface area (Å²) in [6, 6.07) is 0. The van der Waals surface area contributed by atoms with E-state index in [9.17, 15) is 43.2 Å². The van der Waals surface area contributed by atoms with Crippen LogP contribution in [0, 0.1) is 0 Å². The van der Waals surface area contributed by atoms with Crippen molar-refractivity contribution >= 4 is 39.5 Å². The molecule has 0 radical (unpaired) electrons. The average Bonchev–Trinajstić information content (AvgIpc) is 1.36. The number of hydrogen-bond acceptors (Lipinski definition) is 15. The maximum atomic E-state index is 13.1. The minimum atomic E-state index is -4.97. The summed E-state index contributed by atoms with van der Waals surface area (Å²) in [7, 11) is -9.93. The van der Waals surface area contributed by atoms with Crippen LogP contribution in [-0.4, -0.2) is 96.7 Å². The van der Waals surface area contributed by atoms with Crippen molar-refractivity contribution in [1.82, 2.24) is 0 Å². The Hall–Kier alpha value is -2.98. The molecule has 0 bridgehead atoms. The first-order valence-electron chi connectivity index (χ1n) is 37.9. The highest BCUT2D eigenvalue weighted by atomic mass is 31.2. The number of phosphoric ester groups is 2. The Bertz CT molecular complexity index is 1980. The van der Waals surface area contributed by atoms with Crippen LogP contribution in [0.2, 0.25) is 0 Å². The number of aliphatic hydroxyl groups is 1. The fourth-order valence-electron chi connectivity index (χ4n) is 10.5. The highest BCUT2D eigenvalue weighted by Gasteiger charge is 2.30. The van der Waals surface area contributed by atoms with Crippen molar-refractivity contribution < 1.29 is 80.2 Å². The molecule has 0 aromatic carbocycles. The smallest absolute Gasteiger partial charge is 0.462 e. The van der Waals surface area contributed by atoms with Crippen molar-refractivity contribution in [3.63, 3.8) is 0 Å². The summed E-state index contributed by atoms with van der Waals surface area (Å²) in [5.74, 6) is -2.17. The van der Waals surface area contributed by atoms with Gasteiger partial charge in [0.25, 0.3) is 0 Å². The molecule has 0 saturated carbocycles. The summed E-state index contributed by atoms with van der Waals surface area (Å²) < 4.78 is 68.4. The molecule has 94 heavy (non-hydrogen) atoms. The van der Waals surface area contributed by atoms with Gasteiger partial charge in [-0.15, -0.1) is 0 Å². The molecule has 0 rings (SSSR count). The molecule has 0 aromatic heterocycles. The highest BCUT2D eigenvalue weighted by molar-refractivity contribution is 7.47. The fourth-order valence-corrected chi connectivity index (χ4v) is 12.1. The molecule has 0 fully saturated rings. The second-order valence-corrected chi connectivity index (χ2v) is 28.5. The zero-order chi connectivity index (χ0) is 69.0. The van der Waals surface area contributed by atoms with Crippen molar-refractivity contribution in [2.24, 2.45) is 0 Å². The lowest BCUT2D eigenvalue weighted by Crippen LogP contribution is -2.30. The van der Waals surface area contributed by atoms with E-state index in [1.807, 2.05) is 0 Å². The lowest BCUT2D eigenvalue weighted by atomic mass is 10.0. The number of esters is 4. The third kappa shape index (κ3) is 67.6. The molecule has 550 valence electrons. The van der Waals surface area contributed by atoms with Crippen LogP contribution in [-0.2, 0) is 65.4 Å². The van der Waals surface area contributed by atoms with Gasteiger partial charge in [-0.25, -0.2) is 9.13 Å². The lowest BCUT2D eigenvalue weighted by Gasteiger charge is -2.21. The van der Waals surface area contributed by atoms with Crippen molar-refractivity contribution in [1.29, 1.82) is 0 Å². The van der Waals surface area contributed by atoms with E-state index in [2.05, 4.69) is 76.3 Å². The average molecular weight is 1370 g/mol. The molecule has 3 N–H and O–H groups in total. The summed E-state index contributed by atoms with van der Waals surface area (Å²) >= 11 is 0. The van der Waals surface area contributed by atoms with Gasteiger partial charge in [-0.1, -0.05) is 288 Å². The quantitative estimate of drug-likeness (QED) is 0.0169. The van der Waals surface area contributed by atoms with Crippen LogP contribution in [0.5, 0.6) is 0 Å². The van der Waals surface area contributed by atoms with E-state index in [0.717, 1.165) is 141 Å². The minimum Gasteiger partial charge on any atom is -0.462 e. The van der Waals surface area contributed by atoms with E-state index in [0.29, 0.717) is 25.7 Å². The van der Waals surface area contributed by atoms with Crippen LogP contribution in [0.15, 0.2) is 48.6 Å².